The van der Waals surface area contributed by atoms with E-state index >= 15 is 0 Å². The summed E-state index contributed by atoms with van der Waals surface area (Å²) in [5.41, 5.74) is -2.11. The van der Waals surface area contributed by atoms with Crippen LogP contribution >= 0.6 is 0 Å². The van der Waals surface area contributed by atoms with E-state index < -0.39 is 23.0 Å². The zero-order valence-corrected chi connectivity index (χ0v) is 11.8. The van der Waals surface area contributed by atoms with Gasteiger partial charge in [-0.3, -0.25) is 14.9 Å². The van der Waals surface area contributed by atoms with Crippen molar-refractivity contribution in [2.75, 3.05) is 19.8 Å². The molecule has 3 N–H and O–H groups in total. The minimum Gasteiger partial charge on any atom is -0.493 e. The number of nitro groups is 1. The minimum atomic E-state index is -1.51. The van der Waals surface area contributed by atoms with Crippen LogP contribution in [0.3, 0.4) is 0 Å². The van der Waals surface area contributed by atoms with Crippen molar-refractivity contribution in [2.45, 2.75) is 19.4 Å². The largest absolute Gasteiger partial charge is 0.493 e. The van der Waals surface area contributed by atoms with Crippen LogP contribution in [-0.2, 0) is 0 Å². The number of amides is 1. The van der Waals surface area contributed by atoms with Gasteiger partial charge in [-0.2, -0.15) is 0 Å². The number of nitrogens with zero attached hydrogens (tertiary/aromatic N) is 1. The maximum atomic E-state index is 12.1. The molecule has 0 aliphatic rings. The van der Waals surface area contributed by atoms with E-state index in [0.29, 0.717) is 0 Å². The SMILES string of the molecule is CCOc1cccc([N+](=O)[O-])c1C(=O)NCC(C)(O)CO. The first kappa shape index (κ1) is 16.9. The molecule has 0 saturated carbocycles. The van der Waals surface area contributed by atoms with Crippen LogP contribution in [0.5, 0.6) is 5.75 Å². The summed E-state index contributed by atoms with van der Waals surface area (Å²) in [7, 11) is 0. The molecule has 1 unspecified atom stereocenters. The summed E-state index contributed by atoms with van der Waals surface area (Å²) in [4.78, 5) is 22.5. The van der Waals surface area contributed by atoms with Crippen LogP contribution in [0, 0.1) is 10.1 Å². The van der Waals surface area contributed by atoms with Gasteiger partial charge in [-0.05, 0) is 19.9 Å². The van der Waals surface area contributed by atoms with Crippen molar-refractivity contribution in [2.24, 2.45) is 0 Å². The number of benzene rings is 1. The Bertz CT molecular complexity index is 529. The van der Waals surface area contributed by atoms with Crippen molar-refractivity contribution in [1.29, 1.82) is 0 Å². The zero-order valence-electron chi connectivity index (χ0n) is 11.8. The van der Waals surface area contributed by atoms with E-state index in [9.17, 15) is 20.0 Å². The lowest BCUT2D eigenvalue weighted by molar-refractivity contribution is -0.385. The highest BCUT2D eigenvalue weighted by Crippen LogP contribution is 2.28. The number of nitrogens with one attached hydrogen (secondary N) is 1. The summed E-state index contributed by atoms with van der Waals surface area (Å²) in [5.74, 6) is -0.660. The summed E-state index contributed by atoms with van der Waals surface area (Å²) >= 11 is 0. The molecule has 0 radical (unpaired) electrons. The second-order valence-electron chi connectivity index (χ2n) is 4.68. The molecular formula is C13H18N2O6. The van der Waals surface area contributed by atoms with Crippen molar-refractivity contribution >= 4 is 11.6 Å². The predicted molar refractivity (Wildman–Crippen MR) is 74.3 cm³/mol. The van der Waals surface area contributed by atoms with Crippen molar-refractivity contribution < 1.29 is 24.7 Å². The highest BCUT2D eigenvalue weighted by atomic mass is 16.6. The normalized spacial score (nSPS) is 13.3. The Morgan fingerprint density at radius 2 is 2.19 bits per heavy atom. The Hall–Kier alpha value is -2.19. The molecule has 8 nitrogen and oxygen atoms in total. The summed E-state index contributed by atoms with van der Waals surface area (Å²) < 4.78 is 5.23. The number of rotatable bonds is 7. The smallest absolute Gasteiger partial charge is 0.285 e. The Balaban J connectivity index is 3.08. The van der Waals surface area contributed by atoms with Crippen LogP contribution in [0.4, 0.5) is 5.69 Å². The van der Waals surface area contributed by atoms with Crippen molar-refractivity contribution in [1.82, 2.24) is 5.32 Å². The van der Waals surface area contributed by atoms with Gasteiger partial charge in [0, 0.05) is 12.6 Å². The van der Waals surface area contributed by atoms with Crippen molar-refractivity contribution in [3.05, 3.63) is 33.9 Å². The summed E-state index contributed by atoms with van der Waals surface area (Å²) in [5, 5.41) is 31.9. The Morgan fingerprint density at radius 3 is 2.71 bits per heavy atom. The zero-order chi connectivity index (χ0) is 16.0. The molecular weight excluding hydrogens is 280 g/mol. The Kier molecular flexibility index (Phi) is 5.62. The molecule has 0 spiro atoms. The number of carbonyl (C=O) groups excluding carboxylic acids is 1. The molecule has 0 aliphatic heterocycles. The highest BCUT2D eigenvalue weighted by Gasteiger charge is 2.27. The maximum Gasteiger partial charge on any atom is 0.285 e. The number of nitro benzene ring substituents is 1. The van der Waals surface area contributed by atoms with Gasteiger partial charge in [-0.1, -0.05) is 6.07 Å². The number of hydrogen-bond donors (Lipinski definition) is 3. The second-order valence-corrected chi connectivity index (χ2v) is 4.68. The molecule has 1 aromatic carbocycles. The molecule has 21 heavy (non-hydrogen) atoms. The first-order chi connectivity index (χ1) is 9.82. The third kappa shape index (κ3) is 4.40. The fourth-order valence-corrected chi connectivity index (χ4v) is 1.59. The van der Waals surface area contributed by atoms with E-state index in [0.717, 1.165) is 0 Å². The van der Waals surface area contributed by atoms with Crippen LogP contribution in [-0.4, -0.2) is 46.4 Å². The fourth-order valence-electron chi connectivity index (χ4n) is 1.59. The number of ether oxygens (including phenoxy) is 1. The van der Waals surface area contributed by atoms with Crippen LogP contribution in [0.25, 0.3) is 0 Å². The highest BCUT2D eigenvalue weighted by molar-refractivity contribution is 6.00. The number of carbonyl (C=O) groups is 1. The van der Waals surface area contributed by atoms with E-state index in [2.05, 4.69) is 5.32 Å². The van der Waals surface area contributed by atoms with Crippen molar-refractivity contribution in [3.63, 3.8) is 0 Å². The fraction of sp³-hybridized carbons (Fsp3) is 0.462. The van der Waals surface area contributed by atoms with E-state index in [1.54, 1.807) is 6.92 Å². The lowest BCUT2D eigenvalue weighted by atomic mass is 10.1. The van der Waals surface area contributed by atoms with Crippen molar-refractivity contribution in [3.8, 4) is 5.75 Å². The topological polar surface area (TPSA) is 122 Å². The molecule has 8 heteroatoms. The van der Waals surface area contributed by atoms with Crippen LogP contribution in [0.1, 0.15) is 24.2 Å². The second kappa shape index (κ2) is 7.00. The van der Waals surface area contributed by atoms with Crippen LogP contribution < -0.4 is 10.1 Å². The molecule has 0 aromatic heterocycles. The molecule has 1 amide bonds. The Labute approximate surface area is 121 Å². The number of aliphatic hydroxyl groups excluding tert-OH is 1. The van der Waals surface area contributed by atoms with Gasteiger partial charge in [0.25, 0.3) is 11.6 Å². The third-order valence-electron chi connectivity index (χ3n) is 2.70. The van der Waals surface area contributed by atoms with Gasteiger partial charge in [-0.15, -0.1) is 0 Å². The monoisotopic (exact) mass is 298 g/mol. The van der Waals surface area contributed by atoms with E-state index in [1.807, 2.05) is 0 Å². The third-order valence-corrected chi connectivity index (χ3v) is 2.70. The summed E-state index contributed by atoms with van der Waals surface area (Å²) in [6.07, 6.45) is 0. The quantitative estimate of drug-likeness (QED) is 0.497. The number of aliphatic hydroxyl groups is 2. The molecule has 1 aromatic rings. The lowest BCUT2D eigenvalue weighted by Crippen LogP contribution is -2.43. The summed E-state index contributed by atoms with van der Waals surface area (Å²) in [6.45, 7) is 2.46. The average Bonchev–Trinajstić information content (AvgIpc) is 2.45. The standard InChI is InChI=1S/C13H18N2O6/c1-3-21-10-6-4-5-9(15(19)20)11(10)12(17)14-7-13(2,18)8-16/h4-6,16,18H,3,7-8H2,1-2H3,(H,14,17). The first-order valence-corrected chi connectivity index (χ1v) is 6.34. The molecule has 116 valence electrons. The van der Waals surface area contributed by atoms with Crippen LogP contribution in [0.15, 0.2) is 18.2 Å². The number of hydrogen-bond acceptors (Lipinski definition) is 6. The molecule has 0 aliphatic carbocycles. The minimum absolute atomic E-state index is 0.0906. The lowest BCUT2D eigenvalue weighted by Gasteiger charge is -2.20. The van der Waals surface area contributed by atoms with E-state index in [1.165, 1.54) is 25.1 Å². The van der Waals surface area contributed by atoms with Gasteiger partial charge in [0.15, 0.2) is 5.56 Å². The first-order valence-electron chi connectivity index (χ1n) is 6.34. The molecule has 0 bridgehead atoms. The van der Waals surface area contributed by atoms with Gasteiger partial charge >= 0.3 is 0 Å². The van der Waals surface area contributed by atoms with E-state index in [-0.39, 0.29) is 30.2 Å². The summed E-state index contributed by atoms with van der Waals surface area (Å²) in [6, 6.07) is 4.07. The van der Waals surface area contributed by atoms with Gasteiger partial charge in [0.1, 0.15) is 11.4 Å². The average molecular weight is 298 g/mol. The molecule has 0 saturated heterocycles. The maximum absolute atomic E-state index is 12.1. The molecule has 0 fully saturated rings. The van der Waals surface area contributed by atoms with Gasteiger partial charge in [0.05, 0.1) is 18.1 Å². The van der Waals surface area contributed by atoms with E-state index in [4.69, 9.17) is 9.84 Å². The van der Waals surface area contributed by atoms with Crippen LogP contribution in [0.2, 0.25) is 0 Å². The molecule has 1 rings (SSSR count). The predicted octanol–water partition coefficient (Wildman–Crippen LogP) is 0.467. The van der Waals surface area contributed by atoms with Gasteiger partial charge in [-0.25, -0.2) is 0 Å². The van der Waals surface area contributed by atoms with Gasteiger partial charge in [0.2, 0.25) is 0 Å². The molecule has 0 heterocycles. The van der Waals surface area contributed by atoms with Gasteiger partial charge < -0.3 is 20.3 Å². The Morgan fingerprint density at radius 1 is 1.52 bits per heavy atom. The molecule has 1 atom stereocenters.